The average Bonchev–Trinajstić information content (AvgIpc) is 3.01. The molecule has 2 aromatic rings. The van der Waals surface area contributed by atoms with Crippen molar-refractivity contribution >= 4 is 17.7 Å². The van der Waals surface area contributed by atoms with E-state index in [9.17, 15) is 13.6 Å². The van der Waals surface area contributed by atoms with E-state index in [-0.39, 0.29) is 11.9 Å². The predicted octanol–water partition coefficient (Wildman–Crippen LogP) is 3.63. The van der Waals surface area contributed by atoms with E-state index in [1.165, 1.54) is 24.3 Å². The lowest BCUT2D eigenvalue weighted by Crippen LogP contribution is -2.34. The van der Waals surface area contributed by atoms with Crippen molar-refractivity contribution in [2.24, 2.45) is 0 Å². The second kappa shape index (κ2) is 8.12. The quantitative estimate of drug-likeness (QED) is 0.782. The number of thioether (sulfide) groups is 1. The molecule has 0 aliphatic rings. The largest absolute Gasteiger partial charge is 0.468 e. The maximum atomic E-state index is 12.3. The van der Waals surface area contributed by atoms with Crippen LogP contribution in [0.4, 0.5) is 8.78 Å². The molecule has 0 aliphatic heterocycles. The van der Waals surface area contributed by atoms with Gasteiger partial charge in [0.25, 0.3) is 11.7 Å². The number of benzene rings is 1. The van der Waals surface area contributed by atoms with Gasteiger partial charge in [-0.2, -0.15) is 8.78 Å². The van der Waals surface area contributed by atoms with Crippen LogP contribution in [0.1, 0.15) is 22.2 Å². The first-order chi connectivity index (χ1) is 11.0. The molecular weight excluding hydrogens is 322 g/mol. The average molecular weight is 340 g/mol. The van der Waals surface area contributed by atoms with Gasteiger partial charge in [-0.25, -0.2) is 0 Å². The van der Waals surface area contributed by atoms with Gasteiger partial charge in [-0.3, -0.25) is 9.69 Å². The van der Waals surface area contributed by atoms with Crippen LogP contribution in [0.3, 0.4) is 0 Å². The van der Waals surface area contributed by atoms with Crippen molar-refractivity contribution in [1.29, 1.82) is 0 Å². The Kier molecular flexibility index (Phi) is 6.18. The molecule has 0 bridgehead atoms. The minimum Gasteiger partial charge on any atom is -0.468 e. The molecule has 1 aromatic heterocycles. The monoisotopic (exact) mass is 340 g/mol. The van der Waals surface area contributed by atoms with Gasteiger partial charge >= 0.3 is 0 Å². The van der Waals surface area contributed by atoms with E-state index < -0.39 is 5.76 Å². The zero-order valence-electron chi connectivity index (χ0n) is 12.8. The summed E-state index contributed by atoms with van der Waals surface area (Å²) < 4.78 is 29.9. The summed E-state index contributed by atoms with van der Waals surface area (Å²) in [5.41, 5.74) is 0.431. The molecule has 1 N–H and O–H groups in total. The lowest BCUT2D eigenvalue weighted by Gasteiger charge is -2.22. The highest BCUT2D eigenvalue weighted by Gasteiger charge is 2.18. The Bertz CT molecular complexity index is 616. The Balaban J connectivity index is 1.95. The van der Waals surface area contributed by atoms with Crippen LogP contribution in [-0.2, 0) is 0 Å². The van der Waals surface area contributed by atoms with Crippen LogP contribution in [0.25, 0.3) is 0 Å². The summed E-state index contributed by atoms with van der Waals surface area (Å²) in [6.07, 6.45) is 1.59. The molecule has 0 saturated heterocycles. The number of carbonyl (C=O) groups excluding carboxylic acids is 1. The molecule has 0 fully saturated rings. The first-order valence-electron chi connectivity index (χ1n) is 7.00. The summed E-state index contributed by atoms with van der Waals surface area (Å²) in [7, 11) is 3.80. The third-order valence-electron chi connectivity index (χ3n) is 3.29. The van der Waals surface area contributed by atoms with E-state index in [2.05, 4.69) is 5.32 Å². The van der Waals surface area contributed by atoms with Crippen LogP contribution in [0.15, 0.2) is 52.0 Å². The second-order valence-electron chi connectivity index (χ2n) is 5.11. The minimum atomic E-state index is -2.47. The number of carbonyl (C=O) groups is 1. The predicted molar refractivity (Wildman–Crippen MR) is 85.8 cm³/mol. The van der Waals surface area contributed by atoms with Gasteiger partial charge in [0, 0.05) is 17.0 Å². The van der Waals surface area contributed by atoms with Crippen molar-refractivity contribution in [3.63, 3.8) is 0 Å². The maximum absolute atomic E-state index is 12.3. The van der Waals surface area contributed by atoms with Crippen molar-refractivity contribution in [3.8, 4) is 0 Å². The van der Waals surface area contributed by atoms with Crippen LogP contribution in [0.2, 0.25) is 0 Å². The summed E-state index contributed by atoms with van der Waals surface area (Å²) in [6.45, 7) is 0.382. The molecular formula is C16H18F2N2O2S. The number of amides is 1. The molecule has 1 amide bonds. The van der Waals surface area contributed by atoms with Crippen molar-refractivity contribution in [3.05, 3.63) is 54.0 Å². The van der Waals surface area contributed by atoms with Crippen molar-refractivity contribution < 1.29 is 18.0 Å². The standard InChI is InChI=1S/C16H18F2N2O2S/c1-20(2)13(14-4-3-9-22-14)10-19-15(21)11-5-7-12(8-6-11)23-16(17)18/h3-9,13,16H,10H2,1-2H3,(H,19,21). The van der Waals surface area contributed by atoms with Crippen LogP contribution in [-0.4, -0.2) is 37.2 Å². The van der Waals surface area contributed by atoms with Gasteiger partial charge in [0.2, 0.25) is 0 Å². The van der Waals surface area contributed by atoms with Gasteiger partial charge in [-0.15, -0.1) is 0 Å². The summed E-state index contributed by atoms with van der Waals surface area (Å²) >= 11 is 0.455. The fraction of sp³-hybridized carbons (Fsp3) is 0.312. The zero-order chi connectivity index (χ0) is 16.8. The topological polar surface area (TPSA) is 45.5 Å². The SMILES string of the molecule is CN(C)C(CNC(=O)c1ccc(SC(F)F)cc1)c1ccco1. The third-order valence-corrected chi connectivity index (χ3v) is 4.02. The van der Waals surface area contributed by atoms with E-state index in [1.54, 1.807) is 12.3 Å². The fourth-order valence-corrected chi connectivity index (χ4v) is 2.60. The molecule has 23 heavy (non-hydrogen) atoms. The normalized spacial score (nSPS) is 12.6. The number of alkyl halides is 2. The lowest BCUT2D eigenvalue weighted by atomic mass is 10.2. The molecule has 1 unspecified atom stereocenters. The molecule has 124 valence electrons. The first kappa shape index (κ1) is 17.5. The fourth-order valence-electron chi connectivity index (χ4n) is 2.10. The molecule has 4 nitrogen and oxygen atoms in total. The van der Waals surface area contributed by atoms with Gasteiger partial charge in [0.15, 0.2) is 0 Å². The molecule has 2 rings (SSSR count). The molecule has 1 atom stereocenters. The zero-order valence-corrected chi connectivity index (χ0v) is 13.6. The maximum Gasteiger partial charge on any atom is 0.288 e. The molecule has 0 spiro atoms. The number of furan rings is 1. The Labute approximate surface area is 137 Å². The van der Waals surface area contributed by atoms with Crippen LogP contribution < -0.4 is 5.32 Å². The van der Waals surface area contributed by atoms with E-state index in [0.717, 1.165) is 5.76 Å². The highest BCUT2D eigenvalue weighted by Crippen LogP contribution is 2.25. The smallest absolute Gasteiger partial charge is 0.288 e. The Morgan fingerprint density at radius 2 is 1.96 bits per heavy atom. The highest BCUT2D eigenvalue weighted by molar-refractivity contribution is 7.99. The highest BCUT2D eigenvalue weighted by atomic mass is 32.2. The van der Waals surface area contributed by atoms with Crippen molar-refractivity contribution in [1.82, 2.24) is 10.2 Å². The molecule has 1 heterocycles. The van der Waals surface area contributed by atoms with E-state index in [4.69, 9.17) is 4.42 Å². The van der Waals surface area contributed by atoms with E-state index in [0.29, 0.717) is 28.8 Å². The molecule has 0 saturated carbocycles. The minimum absolute atomic E-state index is 0.0809. The molecule has 7 heteroatoms. The summed E-state index contributed by atoms with van der Waals surface area (Å²) in [4.78, 5) is 14.5. The van der Waals surface area contributed by atoms with E-state index in [1.807, 2.05) is 25.1 Å². The Hall–Kier alpha value is -1.86. The number of likely N-dealkylation sites (N-methyl/N-ethyl adjacent to an activating group) is 1. The van der Waals surface area contributed by atoms with Gasteiger partial charge in [-0.05, 0) is 50.5 Å². The van der Waals surface area contributed by atoms with Gasteiger partial charge in [0.05, 0.1) is 12.3 Å². The number of halogens is 2. The summed E-state index contributed by atoms with van der Waals surface area (Å²) in [6, 6.07) is 9.68. The van der Waals surface area contributed by atoms with Crippen LogP contribution in [0.5, 0.6) is 0 Å². The number of nitrogens with zero attached hydrogens (tertiary/aromatic N) is 1. The summed E-state index contributed by atoms with van der Waals surface area (Å²) in [5, 5.41) is 2.83. The number of hydrogen-bond donors (Lipinski definition) is 1. The van der Waals surface area contributed by atoms with E-state index >= 15 is 0 Å². The number of hydrogen-bond acceptors (Lipinski definition) is 4. The van der Waals surface area contributed by atoms with Crippen LogP contribution in [0, 0.1) is 0 Å². The second-order valence-corrected chi connectivity index (χ2v) is 6.17. The molecule has 1 aromatic carbocycles. The Morgan fingerprint density at radius 3 is 2.48 bits per heavy atom. The van der Waals surface area contributed by atoms with Crippen LogP contribution >= 0.6 is 11.8 Å². The number of nitrogens with one attached hydrogen (secondary N) is 1. The molecule has 0 radical (unpaired) electrons. The van der Waals surface area contributed by atoms with Gasteiger partial charge < -0.3 is 9.73 Å². The van der Waals surface area contributed by atoms with Crippen molar-refractivity contribution in [2.45, 2.75) is 16.7 Å². The number of rotatable bonds is 7. The lowest BCUT2D eigenvalue weighted by molar-refractivity contribution is 0.0939. The third kappa shape index (κ3) is 5.07. The van der Waals surface area contributed by atoms with Crippen molar-refractivity contribution in [2.75, 3.05) is 20.6 Å². The first-order valence-corrected chi connectivity index (χ1v) is 7.88. The summed E-state index contributed by atoms with van der Waals surface area (Å²) in [5.74, 6) is -1.96. The Morgan fingerprint density at radius 1 is 1.26 bits per heavy atom. The van der Waals surface area contributed by atoms with Gasteiger partial charge in [0.1, 0.15) is 5.76 Å². The molecule has 0 aliphatic carbocycles. The van der Waals surface area contributed by atoms with Gasteiger partial charge in [-0.1, -0.05) is 11.8 Å².